The second-order valence-electron chi connectivity index (χ2n) is 8.30. The van der Waals surface area contributed by atoms with Crippen LogP contribution in [0.15, 0.2) is 82.2 Å². The van der Waals surface area contributed by atoms with E-state index >= 15 is 0 Å². The Morgan fingerprint density at radius 1 is 1.00 bits per heavy atom. The molecule has 0 aliphatic carbocycles. The molecule has 0 saturated carbocycles. The fraction of sp³-hybridized carbons (Fsp3) is 0.185. The Kier molecular flexibility index (Phi) is 7.00. The predicted molar refractivity (Wildman–Crippen MR) is 129 cm³/mol. The zero-order valence-electron chi connectivity index (χ0n) is 19.4. The van der Waals surface area contributed by atoms with Gasteiger partial charge in [0.2, 0.25) is 11.2 Å². The largest absolute Gasteiger partial charge is 0.484 e. The number of nitrogens with one attached hydrogen (secondary N) is 1. The summed E-state index contributed by atoms with van der Waals surface area (Å²) in [5.74, 6) is 0.377. The quantitative estimate of drug-likeness (QED) is 0.306. The number of hydrogen-bond donors (Lipinski definition) is 1. The molecule has 0 radical (unpaired) electrons. The Labute approximate surface area is 204 Å². The third-order valence-corrected chi connectivity index (χ3v) is 5.32. The number of fused-ring (bicyclic) bond motifs is 1. The minimum absolute atomic E-state index is 0.00509. The van der Waals surface area contributed by atoms with Gasteiger partial charge >= 0.3 is 6.18 Å². The standard InChI is InChI=1S/C27H22F3NO5/c1-16(2)20-8-3-4-9-22(20)36-24-14-35-23-13-19(10-11-21(23)26(24)33)34-15-25(32)31-18-7-5-6-17(12-18)27(28,29)30/h3-14,16H,15H2,1-2H3,(H,31,32). The molecule has 9 heteroatoms. The molecule has 186 valence electrons. The summed E-state index contributed by atoms with van der Waals surface area (Å²) in [7, 11) is 0. The Hall–Kier alpha value is -4.27. The van der Waals surface area contributed by atoms with Crippen LogP contribution in [0.1, 0.15) is 30.9 Å². The first kappa shape index (κ1) is 24.8. The number of alkyl halides is 3. The molecule has 0 aliphatic rings. The molecule has 1 heterocycles. The van der Waals surface area contributed by atoms with Gasteiger partial charge in [-0.05, 0) is 47.9 Å². The first-order valence-electron chi connectivity index (χ1n) is 11.0. The van der Waals surface area contributed by atoms with Crippen molar-refractivity contribution in [3.8, 4) is 17.2 Å². The fourth-order valence-electron chi connectivity index (χ4n) is 3.54. The molecular formula is C27H22F3NO5. The van der Waals surface area contributed by atoms with E-state index in [2.05, 4.69) is 5.32 Å². The first-order chi connectivity index (χ1) is 17.1. The van der Waals surface area contributed by atoms with Crippen molar-refractivity contribution < 1.29 is 31.9 Å². The topological polar surface area (TPSA) is 77.8 Å². The van der Waals surface area contributed by atoms with Crippen LogP contribution >= 0.6 is 0 Å². The number of benzene rings is 3. The van der Waals surface area contributed by atoms with Crippen LogP contribution in [-0.2, 0) is 11.0 Å². The van der Waals surface area contributed by atoms with Gasteiger partial charge in [-0.1, -0.05) is 38.1 Å². The number of amides is 1. The summed E-state index contributed by atoms with van der Waals surface area (Å²) in [4.78, 5) is 25.1. The van der Waals surface area contributed by atoms with Crippen molar-refractivity contribution in [1.29, 1.82) is 0 Å². The number of hydrogen-bond acceptors (Lipinski definition) is 5. The van der Waals surface area contributed by atoms with E-state index in [1.54, 1.807) is 6.07 Å². The van der Waals surface area contributed by atoms with Crippen LogP contribution in [0, 0.1) is 0 Å². The molecule has 1 amide bonds. The monoisotopic (exact) mass is 497 g/mol. The van der Waals surface area contributed by atoms with E-state index < -0.39 is 24.3 Å². The lowest BCUT2D eigenvalue weighted by atomic mass is 10.0. The van der Waals surface area contributed by atoms with Crippen LogP contribution < -0.4 is 20.2 Å². The molecule has 3 aromatic carbocycles. The highest BCUT2D eigenvalue weighted by molar-refractivity contribution is 5.92. The molecule has 0 bridgehead atoms. The van der Waals surface area contributed by atoms with Gasteiger partial charge in [0.1, 0.15) is 23.3 Å². The molecule has 36 heavy (non-hydrogen) atoms. The number of halogens is 3. The molecule has 4 aromatic rings. The van der Waals surface area contributed by atoms with Crippen molar-refractivity contribution in [2.75, 3.05) is 11.9 Å². The summed E-state index contributed by atoms with van der Waals surface area (Å²) in [5.41, 5.74) is -0.0793. The van der Waals surface area contributed by atoms with Crippen molar-refractivity contribution in [1.82, 2.24) is 0 Å². The summed E-state index contributed by atoms with van der Waals surface area (Å²) >= 11 is 0. The van der Waals surface area contributed by atoms with Gasteiger partial charge in [0.25, 0.3) is 5.91 Å². The molecule has 1 aromatic heterocycles. The van der Waals surface area contributed by atoms with E-state index in [4.69, 9.17) is 13.9 Å². The third kappa shape index (κ3) is 5.68. The normalized spacial score (nSPS) is 11.5. The lowest BCUT2D eigenvalue weighted by Gasteiger charge is -2.13. The van der Waals surface area contributed by atoms with E-state index in [1.165, 1.54) is 36.6 Å². The smallest absolute Gasteiger partial charge is 0.416 e. The number of carbonyl (C=O) groups excluding carboxylic acids is 1. The number of para-hydroxylation sites is 1. The molecule has 4 rings (SSSR count). The lowest BCUT2D eigenvalue weighted by Crippen LogP contribution is -2.20. The number of carbonyl (C=O) groups is 1. The SMILES string of the molecule is CC(C)c1ccccc1Oc1coc2cc(OCC(=O)Nc3cccc(C(F)(F)F)c3)ccc2c1=O. The third-order valence-electron chi connectivity index (χ3n) is 5.32. The highest BCUT2D eigenvalue weighted by Gasteiger charge is 2.30. The molecule has 0 fully saturated rings. The maximum atomic E-state index is 12.9. The van der Waals surface area contributed by atoms with Crippen molar-refractivity contribution in [2.24, 2.45) is 0 Å². The van der Waals surface area contributed by atoms with E-state index in [1.807, 2.05) is 32.0 Å². The molecule has 0 unspecified atom stereocenters. The van der Waals surface area contributed by atoms with Gasteiger partial charge in [0, 0.05) is 11.8 Å². The molecule has 6 nitrogen and oxygen atoms in total. The van der Waals surface area contributed by atoms with Crippen molar-refractivity contribution >= 4 is 22.6 Å². The maximum absolute atomic E-state index is 12.9. The van der Waals surface area contributed by atoms with Gasteiger partial charge in [-0.3, -0.25) is 9.59 Å². The molecule has 0 saturated heterocycles. The number of rotatable bonds is 7. The first-order valence-corrected chi connectivity index (χ1v) is 11.0. The fourth-order valence-corrected chi connectivity index (χ4v) is 3.54. The average molecular weight is 497 g/mol. The number of ether oxygens (including phenoxy) is 2. The summed E-state index contributed by atoms with van der Waals surface area (Å²) in [5, 5.41) is 2.62. The maximum Gasteiger partial charge on any atom is 0.416 e. The van der Waals surface area contributed by atoms with Gasteiger partial charge in [-0.15, -0.1) is 0 Å². The Morgan fingerprint density at radius 3 is 2.53 bits per heavy atom. The minimum Gasteiger partial charge on any atom is -0.484 e. The van der Waals surface area contributed by atoms with Gasteiger partial charge in [0.15, 0.2) is 6.61 Å². The van der Waals surface area contributed by atoms with Crippen molar-refractivity contribution in [3.05, 3.63) is 94.3 Å². The number of anilines is 1. The second kappa shape index (κ2) is 10.2. The van der Waals surface area contributed by atoms with Crippen LogP contribution in [0.25, 0.3) is 11.0 Å². The van der Waals surface area contributed by atoms with Gasteiger partial charge in [-0.2, -0.15) is 13.2 Å². The van der Waals surface area contributed by atoms with Crippen LogP contribution in [0.4, 0.5) is 18.9 Å². The summed E-state index contributed by atoms with van der Waals surface area (Å²) < 4.78 is 55.4. The predicted octanol–water partition coefficient (Wildman–Crippen LogP) is 6.75. The zero-order valence-corrected chi connectivity index (χ0v) is 19.4. The summed E-state index contributed by atoms with van der Waals surface area (Å²) in [6.07, 6.45) is -3.30. The lowest BCUT2D eigenvalue weighted by molar-refractivity contribution is -0.137. The summed E-state index contributed by atoms with van der Waals surface area (Å²) in [6, 6.07) is 16.1. The molecule has 0 atom stereocenters. The Morgan fingerprint density at radius 2 is 1.78 bits per heavy atom. The van der Waals surface area contributed by atoms with Gasteiger partial charge < -0.3 is 19.2 Å². The average Bonchev–Trinajstić information content (AvgIpc) is 2.84. The summed E-state index contributed by atoms with van der Waals surface area (Å²) in [6.45, 7) is 3.58. The zero-order chi connectivity index (χ0) is 25.9. The van der Waals surface area contributed by atoms with Crippen LogP contribution in [0.3, 0.4) is 0 Å². The molecule has 0 spiro atoms. The van der Waals surface area contributed by atoms with Gasteiger partial charge in [0.05, 0.1) is 10.9 Å². The molecule has 0 aliphatic heterocycles. The van der Waals surface area contributed by atoms with Gasteiger partial charge in [-0.25, -0.2) is 0 Å². The van der Waals surface area contributed by atoms with Crippen LogP contribution in [0.5, 0.6) is 17.2 Å². The van der Waals surface area contributed by atoms with Crippen LogP contribution in [-0.4, -0.2) is 12.5 Å². The van der Waals surface area contributed by atoms with E-state index in [0.29, 0.717) is 5.75 Å². The van der Waals surface area contributed by atoms with Crippen LogP contribution in [0.2, 0.25) is 0 Å². The minimum atomic E-state index is -4.52. The van der Waals surface area contributed by atoms with E-state index in [9.17, 15) is 22.8 Å². The molecular weight excluding hydrogens is 475 g/mol. The Bertz CT molecular complexity index is 1460. The highest BCUT2D eigenvalue weighted by Crippen LogP contribution is 2.31. The highest BCUT2D eigenvalue weighted by atomic mass is 19.4. The van der Waals surface area contributed by atoms with E-state index in [0.717, 1.165) is 17.7 Å². The van der Waals surface area contributed by atoms with E-state index in [-0.39, 0.29) is 39.5 Å². The van der Waals surface area contributed by atoms with Crippen molar-refractivity contribution in [2.45, 2.75) is 25.9 Å². The Balaban J connectivity index is 1.45. The second-order valence-corrected chi connectivity index (χ2v) is 8.30. The molecule has 1 N–H and O–H groups in total. The van der Waals surface area contributed by atoms with Crippen molar-refractivity contribution in [3.63, 3.8) is 0 Å².